The number of thioether (sulfide) groups is 1. The number of nitrogens with one attached hydrogen (secondary N) is 1. The Balaban J connectivity index is 1.81. The van der Waals surface area contributed by atoms with Gasteiger partial charge in [-0.2, -0.15) is 0 Å². The summed E-state index contributed by atoms with van der Waals surface area (Å²) in [6, 6.07) is 11.7. The molecule has 2 aromatic rings. The maximum absolute atomic E-state index is 12.3. The lowest BCUT2D eigenvalue weighted by atomic mass is 10.0. The maximum atomic E-state index is 12.3. The third-order valence-electron chi connectivity index (χ3n) is 3.02. The molecular weight excluding hydrogens is 324 g/mol. The predicted octanol–water partition coefficient (Wildman–Crippen LogP) is 3.67. The van der Waals surface area contributed by atoms with Crippen molar-refractivity contribution in [2.75, 3.05) is 11.1 Å². The first kappa shape index (κ1) is 12.7. The molecule has 0 saturated heterocycles. The Hall–Kier alpha value is -1.33. The van der Waals surface area contributed by atoms with Crippen molar-refractivity contribution < 1.29 is 4.79 Å². The highest BCUT2D eigenvalue weighted by molar-refractivity contribution is 9.10. The minimum Gasteiger partial charge on any atom is -0.309 e. The van der Waals surface area contributed by atoms with Gasteiger partial charge in [0.1, 0.15) is 5.82 Å². The SMILES string of the molecule is O=C(Nc1ncccc1Br)C1CSc2ccccc21. The molecule has 0 bridgehead atoms. The Kier molecular flexibility index (Phi) is 3.57. The monoisotopic (exact) mass is 334 g/mol. The Morgan fingerprint density at radius 3 is 3.00 bits per heavy atom. The van der Waals surface area contributed by atoms with Gasteiger partial charge in [-0.15, -0.1) is 11.8 Å². The summed E-state index contributed by atoms with van der Waals surface area (Å²) in [5.41, 5.74) is 1.11. The highest BCUT2D eigenvalue weighted by atomic mass is 79.9. The Bertz CT molecular complexity index is 632. The molecule has 3 nitrogen and oxygen atoms in total. The van der Waals surface area contributed by atoms with Gasteiger partial charge >= 0.3 is 0 Å². The summed E-state index contributed by atoms with van der Waals surface area (Å²) >= 11 is 5.11. The van der Waals surface area contributed by atoms with Crippen molar-refractivity contribution in [1.29, 1.82) is 0 Å². The van der Waals surface area contributed by atoms with Crippen molar-refractivity contribution >= 4 is 39.4 Å². The fourth-order valence-electron chi connectivity index (χ4n) is 2.06. The second-order valence-corrected chi connectivity index (χ2v) is 6.14. The summed E-state index contributed by atoms with van der Waals surface area (Å²) < 4.78 is 0.794. The van der Waals surface area contributed by atoms with Crippen molar-refractivity contribution in [3.05, 3.63) is 52.6 Å². The number of anilines is 1. The summed E-state index contributed by atoms with van der Waals surface area (Å²) in [5, 5.41) is 2.88. The van der Waals surface area contributed by atoms with E-state index in [1.807, 2.05) is 30.3 Å². The number of carbonyl (C=O) groups is 1. The molecule has 1 aromatic carbocycles. The Morgan fingerprint density at radius 2 is 2.16 bits per heavy atom. The molecule has 96 valence electrons. The van der Waals surface area contributed by atoms with Crippen LogP contribution in [-0.4, -0.2) is 16.6 Å². The van der Waals surface area contributed by atoms with Crippen LogP contribution in [0.4, 0.5) is 5.82 Å². The van der Waals surface area contributed by atoms with Crippen LogP contribution in [-0.2, 0) is 4.79 Å². The largest absolute Gasteiger partial charge is 0.309 e. The number of halogens is 1. The molecule has 1 unspecified atom stereocenters. The molecule has 1 aromatic heterocycles. The molecule has 0 fully saturated rings. The smallest absolute Gasteiger partial charge is 0.233 e. The number of hydrogen-bond acceptors (Lipinski definition) is 3. The number of rotatable bonds is 2. The van der Waals surface area contributed by atoms with Crippen molar-refractivity contribution in [2.45, 2.75) is 10.8 Å². The quantitative estimate of drug-likeness (QED) is 0.910. The zero-order valence-corrected chi connectivity index (χ0v) is 12.4. The van der Waals surface area contributed by atoms with Crippen LogP contribution in [0, 0.1) is 0 Å². The molecule has 5 heteroatoms. The molecule has 1 atom stereocenters. The lowest BCUT2D eigenvalue weighted by molar-refractivity contribution is -0.117. The van der Waals surface area contributed by atoms with E-state index in [2.05, 4.69) is 32.3 Å². The van der Waals surface area contributed by atoms with E-state index in [1.165, 1.54) is 4.90 Å². The van der Waals surface area contributed by atoms with Crippen LogP contribution < -0.4 is 5.32 Å². The molecular formula is C14H11BrN2OS. The van der Waals surface area contributed by atoms with Gasteiger partial charge in [-0.1, -0.05) is 18.2 Å². The van der Waals surface area contributed by atoms with Gasteiger partial charge in [-0.05, 0) is 39.7 Å². The molecule has 3 rings (SSSR count). The predicted molar refractivity (Wildman–Crippen MR) is 80.5 cm³/mol. The first-order chi connectivity index (χ1) is 9.25. The van der Waals surface area contributed by atoms with Crippen LogP contribution >= 0.6 is 27.7 Å². The highest BCUT2D eigenvalue weighted by Gasteiger charge is 2.29. The van der Waals surface area contributed by atoms with Crippen molar-refractivity contribution in [2.24, 2.45) is 0 Å². The molecule has 19 heavy (non-hydrogen) atoms. The first-order valence-corrected chi connectivity index (χ1v) is 7.66. The van der Waals surface area contributed by atoms with Gasteiger partial charge in [0.05, 0.1) is 10.4 Å². The minimum atomic E-state index is -0.102. The molecule has 0 aliphatic carbocycles. The molecule has 0 saturated carbocycles. The van der Waals surface area contributed by atoms with E-state index < -0.39 is 0 Å². The summed E-state index contributed by atoms with van der Waals surface area (Å²) in [4.78, 5) is 17.7. The van der Waals surface area contributed by atoms with Gasteiger partial charge in [0, 0.05) is 16.8 Å². The number of hydrogen-bond donors (Lipinski definition) is 1. The normalized spacial score (nSPS) is 17.0. The number of benzene rings is 1. The van der Waals surface area contributed by atoms with Crippen molar-refractivity contribution in [3.63, 3.8) is 0 Å². The van der Waals surface area contributed by atoms with Gasteiger partial charge in [0.15, 0.2) is 0 Å². The van der Waals surface area contributed by atoms with Gasteiger partial charge in [-0.3, -0.25) is 4.79 Å². The van der Waals surface area contributed by atoms with Gasteiger partial charge in [0.2, 0.25) is 5.91 Å². The third-order valence-corrected chi connectivity index (χ3v) is 4.84. The van der Waals surface area contributed by atoms with Crippen LogP contribution in [0.15, 0.2) is 52.0 Å². The molecule has 0 radical (unpaired) electrons. The van der Waals surface area contributed by atoms with Crippen LogP contribution in [0.3, 0.4) is 0 Å². The number of nitrogens with zero attached hydrogens (tertiary/aromatic N) is 1. The van der Waals surface area contributed by atoms with E-state index in [-0.39, 0.29) is 11.8 Å². The first-order valence-electron chi connectivity index (χ1n) is 5.89. The van der Waals surface area contributed by atoms with E-state index in [0.717, 1.165) is 15.8 Å². The van der Waals surface area contributed by atoms with E-state index >= 15 is 0 Å². The average molecular weight is 335 g/mol. The van der Waals surface area contributed by atoms with E-state index in [0.29, 0.717) is 5.82 Å². The summed E-state index contributed by atoms with van der Waals surface area (Å²) in [5.74, 6) is 1.25. The van der Waals surface area contributed by atoms with E-state index in [4.69, 9.17) is 0 Å². The summed E-state index contributed by atoms with van der Waals surface area (Å²) in [6.07, 6.45) is 1.66. The number of pyridine rings is 1. The van der Waals surface area contributed by atoms with Crippen molar-refractivity contribution in [1.82, 2.24) is 4.98 Å². The maximum Gasteiger partial charge on any atom is 0.233 e. The standard InChI is InChI=1S/C14H11BrN2OS/c15-11-5-3-7-16-13(11)17-14(18)10-8-19-12-6-2-1-4-9(10)12/h1-7,10H,8H2,(H,16,17,18). The molecule has 1 aliphatic rings. The van der Waals surface area contributed by atoms with Gasteiger partial charge < -0.3 is 5.32 Å². The molecule has 2 heterocycles. The van der Waals surface area contributed by atoms with Crippen LogP contribution in [0.25, 0.3) is 0 Å². The summed E-state index contributed by atoms with van der Waals surface area (Å²) in [6.45, 7) is 0. The molecule has 1 amide bonds. The molecule has 1 N–H and O–H groups in total. The highest BCUT2D eigenvalue weighted by Crippen LogP contribution is 2.39. The zero-order chi connectivity index (χ0) is 13.2. The second-order valence-electron chi connectivity index (χ2n) is 4.22. The molecule has 0 spiro atoms. The second kappa shape index (κ2) is 5.35. The summed E-state index contributed by atoms with van der Waals surface area (Å²) in [7, 11) is 0. The number of carbonyl (C=O) groups excluding carboxylic acids is 1. The number of aromatic nitrogens is 1. The van der Waals surface area contributed by atoms with E-state index in [9.17, 15) is 4.79 Å². The Morgan fingerprint density at radius 1 is 1.32 bits per heavy atom. The van der Waals surface area contributed by atoms with Crippen LogP contribution in [0.2, 0.25) is 0 Å². The van der Waals surface area contributed by atoms with Gasteiger partial charge in [0.25, 0.3) is 0 Å². The van der Waals surface area contributed by atoms with Crippen LogP contribution in [0.1, 0.15) is 11.5 Å². The van der Waals surface area contributed by atoms with Crippen molar-refractivity contribution in [3.8, 4) is 0 Å². The fourth-order valence-corrected chi connectivity index (χ4v) is 3.64. The fraction of sp³-hybridized carbons (Fsp3) is 0.143. The minimum absolute atomic E-state index is 0.00292. The third kappa shape index (κ3) is 2.53. The topological polar surface area (TPSA) is 42.0 Å². The molecule has 1 aliphatic heterocycles. The Labute approximate surface area is 123 Å². The van der Waals surface area contributed by atoms with E-state index in [1.54, 1.807) is 18.0 Å². The lowest BCUT2D eigenvalue weighted by Crippen LogP contribution is -2.21. The van der Waals surface area contributed by atoms with Crippen LogP contribution in [0.5, 0.6) is 0 Å². The number of amides is 1. The van der Waals surface area contributed by atoms with Gasteiger partial charge in [-0.25, -0.2) is 4.98 Å². The zero-order valence-electron chi connectivity index (χ0n) is 9.97. The lowest BCUT2D eigenvalue weighted by Gasteiger charge is -2.11. The average Bonchev–Trinajstić information content (AvgIpc) is 2.85. The number of fused-ring (bicyclic) bond motifs is 1.